The number of hydroxylamine groups is 1. The first-order chi connectivity index (χ1) is 16.2. The molecule has 0 aliphatic carbocycles. The van der Waals surface area contributed by atoms with Crippen LogP contribution in [-0.2, 0) is 11.0 Å². The summed E-state index contributed by atoms with van der Waals surface area (Å²) in [7, 11) is 0. The molecule has 0 aromatic carbocycles. The summed E-state index contributed by atoms with van der Waals surface area (Å²) in [6, 6.07) is 3.90. The molecule has 4 aromatic rings. The van der Waals surface area contributed by atoms with E-state index in [2.05, 4.69) is 25.6 Å². The highest BCUT2D eigenvalue weighted by molar-refractivity contribution is 7.99. The molecule has 0 unspecified atom stereocenters. The molecule has 1 N–H and O–H groups in total. The fraction of sp³-hybridized carbons (Fsp3) is 0.381. The molecular weight excluding hydrogens is 471 g/mol. The van der Waals surface area contributed by atoms with Crippen molar-refractivity contribution in [2.75, 3.05) is 5.75 Å². The molecule has 0 saturated heterocycles. The summed E-state index contributed by atoms with van der Waals surface area (Å²) < 4.78 is 41.5. The molecule has 0 radical (unpaired) electrons. The number of amides is 1. The van der Waals surface area contributed by atoms with Gasteiger partial charge in [0.25, 0.3) is 5.91 Å². The first-order valence-electron chi connectivity index (χ1n) is 10.6. The number of halogens is 3. The number of rotatable bonds is 6. The Bertz CT molecular complexity index is 1300. The smallest absolute Gasteiger partial charge is 0.271 e. The van der Waals surface area contributed by atoms with E-state index in [0.29, 0.717) is 27.7 Å². The van der Waals surface area contributed by atoms with Crippen LogP contribution in [0.3, 0.4) is 0 Å². The number of thioether (sulfide) groups is 1. The van der Waals surface area contributed by atoms with Gasteiger partial charge in [-0.1, -0.05) is 20.8 Å². The van der Waals surface area contributed by atoms with Gasteiger partial charge in [-0.15, -0.1) is 11.8 Å². The summed E-state index contributed by atoms with van der Waals surface area (Å²) in [6.45, 7) is 9.47. The molecule has 0 aliphatic heterocycles. The molecule has 0 saturated carbocycles. The minimum atomic E-state index is -4.58. The molecule has 0 aliphatic rings. The molecule has 13 heteroatoms. The number of nitrogens with one attached hydrogen (secondary N) is 1. The molecular formula is C21H24F3N7O2S. The molecule has 4 aromatic heterocycles. The highest BCUT2D eigenvalue weighted by Gasteiger charge is 2.34. The van der Waals surface area contributed by atoms with E-state index in [9.17, 15) is 18.0 Å². The van der Waals surface area contributed by atoms with Gasteiger partial charge in [0.1, 0.15) is 10.7 Å². The molecule has 0 bridgehead atoms. The van der Waals surface area contributed by atoms with Crippen LogP contribution in [0.4, 0.5) is 13.2 Å². The van der Waals surface area contributed by atoms with Crippen LogP contribution in [0, 0.1) is 0 Å². The second-order valence-corrected chi connectivity index (χ2v) is 8.17. The van der Waals surface area contributed by atoms with E-state index < -0.39 is 17.8 Å². The molecule has 4 heterocycles. The fourth-order valence-electron chi connectivity index (χ4n) is 2.94. The minimum Gasteiger partial charge on any atom is -0.271 e. The quantitative estimate of drug-likeness (QED) is 0.307. The number of nitrogens with zero attached hydrogens (tertiary/aromatic N) is 6. The van der Waals surface area contributed by atoms with E-state index in [1.54, 1.807) is 13.8 Å². The Labute approximate surface area is 197 Å². The van der Waals surface area contributed by atoms with Gasteiger partial charge < -0.3 is 0 Å². The zero-order chi connectivity index (χ0) is 25.0. The van der Waals surface area contributed by atoms with Crippen LogP contribution >= 0.6 is 11.8 Å². The lowest BCUT2D eigenvalue weighted by Crippen LogP contribution is -2.28. The standard InChI is InChI=1S/C19H18F3N7O2S.C2H6/c1-4-32-18-15(11-6-8-28-14(24-11)9-13(25-28)19(20,21)22)16-23-7-5-12(29(16)26-18)17(30)27-31-10(2)3;1-2/h5-10H,4H2,1-3H3,(H,27,30);1-2H3. The third kappa shape index (κ3) is 5.14. The Hall–Kier alpha value is -3.19. The second kappa shape index (κ2) is 10.4. The van der Waals surface area contributed by atoms with Gasteiger partial charge >= 0.3 is 6.18 Å². The molecule has 182 valence electrons. The van der Waals surface area contributed by atoms with E-state index in [1.807, 2.05) is 20.8 Å². The van der Waals surface area contributed by atoms with E-state index in [0.717, 1.165) is 10.6 Å². The Morgan fingerprint density at radius 1 is 1.24 bits per heavy atom. The van der Waals surface area contributed by atoms with Gasteiger partial charge in [0.2, 0.25) is 0 Å². The summed E-state index contributed by atoms with van der Waals surface area (Å²) >= 11 is 1.40. The maximum atomic E-state index is 13.0. The number of aromatic nitrogens is 6. The van der Waals surface area contributed by atoms with Gasteiger partial charge in [0.05, 0.1) is 17.4 Å². The topological polar surface area (TPSA) is 98.7 Å². The third-order valence-electron chi connectivity index (χ3n) is 4.26. The Kier molecular flexibility index (Phi) is 7.77. The molecule has 0 spiro atoms. The number of carbonyl (C=O) groups is 1. The molecule has 0 atom stereocenters. The van der Waals surface area contributed by atoms with Gasteiger partial charge in [0.15, 0.2) is 17.0 Å². The van der Waals surface area contributed by atoms with Crippen molar-refractivity contribution in [2.24, 2.45) is 0 Å². The largest absolute Gasteiger partial charge is 0.435 e. The van der Waals surface area contributed by atoms with Crippen LogP contribution in [0.1, 0.15) is 50.8 Å². The Balaban J connectivity index is 0.00000158. The van der Waals surface area contributed by atoms with Crippen molar-refractivity contribution < 1.29 is 22.8 Å². The Morgan fingerprint density at radius 3 is 2.62 bits per heavy atom. The SMILES string of the molecule is CC.CCSc1nn2c(C(=O)NOC(C)C)ccnc2c1-c1ccn2nc(C(F)(F)F)cc2n1. The second-order valence-electron chi connectivity index (χ2n) is 6.92. The lowest BCUT2D eigenvalue weighted by molar-refractivity contribution is -0.141. The van der Waals surface area contributed by atoms with Crippen molar-refractivity contribution in [3.63, 3.8) is 0 Å². The number of hydrogen-bond donors (Lipinski definition) is 1. The van der Waals surface area contributed by atoms with Crippen molar-refractivity contribution >= 4 is 29.0 Å². The van der Waals surface area contributed by atoms with Gasteiger partial charge in [-0.3, -0.25) is 9.63 Å². The predicted octanol–water partition coefficient (Wildman–Crippen LogP) is 4.67. The third-order valence-corrected chi connectivity index (χ3v) is 5.11. The first-order valence-corrected chi connectivity index (χ1v) is 11.6. The molecule has 4 rings (SSSR count). The van der Waals surface area contributed by atoms with Crippen LogP contribution in [0.15, 0.2) is 35.6 Å². The van der Waals surface area contributed by atoms with Crippen LogP contribution in [0.5, 0.6) is 0 Å². The van der Waals surface area contributed by atoms with Gasteiger partial charge in [-0.2, -0.15) is 23.4 Å². The van der Waals surface area contributed by atoms with E-state index in [1.165, 1.54) is 40.8 Å². The zero-order valence-electron chi connectivity index (χ0n) is 19.2. The van der Waals surface area contributed by atoms with Crippen molar-refractivity contribution in [1.29, 1.82) is 0 Å². The van der Waals surface area contributed by atoms with Crippen molar-refractivity contribution in [3.05, 3.63) is 42.0 Å². The molecule has 0 fully saturated rings. The van der Waals surface area contributed by atoms with E-state index in [-0.39, 0.29) is 17.4 Å². The van der Waals surface area contributed by atoms with Crippen LogP contribution < -0.4 is 5.48 Å². The van der Waals surface area contributed by atoms with Crippen LogP contribution in [0.2, 0.25) is 0 Å². The summed E-state index contributed by atoms with van der Waals surface area (Å²) in [5, 5.41) is 8.57. The highest BCUT2D eigenvalue weighted by atomic mass is 32.2. The summed E-state index contributed by atoms with van der Waals surface area (Å²) in [6.07, 6.45) is -1.96. The summed E-state index contributed by atoms with van der Waals surface area (Å²) in [4.78, 5) is 26.5. The maximum Gasteiger partial charge on any atom is 0.435 e. The average Bonchev–Trinajstić information content (AvgIpc) is 3.39. The van der Waals surface area contributed by atoms with Gasteiger partial charge in [-0.05, 0) is 31.7 Å². The lowest BCUT2D eigenvalue weighted by Gasteiger charge is -2.09. The van der Waals surface area contributed by atoms with Crippen molar-refractivity contribution in [3.8, 4) is 11.3 Å². The number of alkyl halides is 3. The highest BCUT2D eigenvalue weighted by Crippen LogP contribution is 2.34. The van der Waals surface area contributed by atoms with Crippen LogP contribution in [-0.4, -0.2) is 47.0 Å². The molecule has 9 nitrogen and oxygen atoms in total. The van der Waals surface area contributed by atoms with E-state index >= 15 is 0 Å². The predicted molar refractivity (Wildman–Crippen MR) is 121 cm³/mol. The molecule has 1 amide bonds. The maximum absolute atomic E-state index is 13.0. The lowest BCUT2D eigenvalue weighted by atomic mass is 10.2. The zero-order valence-corrected chi connectivity index (χ0v) is 20.0. The van der Waals surface area contributed by atoms with Gasteiger partial charge in [-0.25, -0.2) is 24.5 Å². The van der Waals surface area contributed by atoms with E-state index in [4.69, 9.17) is 4.84 Å². The van der Waals surface area contributed by atoms with Crippen molar-refractivity contribution in [1.82, 2.24) is 34.7 Å². The Morgan fingerprint density at radius 2 is 1.97 bits per heavy atom. The number of fused-ring (bicyclic) bond motifs is 2. The summed E-state index contributed by atoms with van der Waals surface area (Å²) in [5.74, 6) is 0.157. The minimum absolute atomic E-state index is 0.0286. The average molecular weight is 496 g/mol. The normalized spacial score (nSPS) is 11.7. The fourth-order valence-corrected chi connectivity index (χ4v) is 3.69. The van der Waals surface area contributed by atoms with Crippen molar-refractivity contribution in [2.45, 2.75) is 51.9 Å². The number of carbonyl (C=O) groups excluding carboxylic acids is 1. The molecule has 34 heavy (non-hydrogen) atoms. The number of hydrogen-bond acceptors (Lipinski definition) is 7. The first kappa shape index (κ1) is 25.4. The van der Waals surface area contributed by atoms with Crippen LogP contribution in [0.25, 0.3) is 22.6 Å². The summed E-state index contributed by atoms with van der Waals surface area (Å²) in [5.41, 5.74) is 2.75. The van der Waals surface area contributed by atoms with Gasteiger partial charge in [0, 0.05) is 18.5 Å². The monoisotopic (exact) mass is 495 g/mol.